The van der Waals surface area contributed by atoms with Gasteiger partial charge in [-0.2, -0.15) is 0 Å². The predicted molar refractivity (Wildman–Crippen MR) is 120 cm³/mol. The van der Waals surface area contributed by atoms with Gasteiger partial charge < -0.3 is 0 Å². The van der Waals surface area contributed by atoms with E-state index in [1.54, 1.807) is 0 Å². The lowest BCUT2D eigenvalue weighted by atomic mass is 9.90. The van der Waals surface area contributed by atoms with Crippen LogP contribution in [0.3, 0.4) is 0 Å². The monoisotopic (exact) mass is 368 g/mol. The fourth-order valence-electron chi connectivity index (χ4n) is 3.91. The van der Waals surface area contributed by atoms with E-state index in [9.17, 15) is 0 Å². The zero-order chi connectivity index (χ0) is 19.6. The van der Waals surface area contributed by atoms with Gasteiger partial charge in [-0.1, -0.05) is 76.9 Å². The molecule has 1 saturated heterocycles. The number of piperazine rings is 1. The highest BCUT2D eigenvalue weighted by atomic mass is 15.3. The van der Waals surface area contributed by atoms with E-state index < -0.39 is 0 Å². The van der Waals surface area contributed by atoms with Crippen LogP contribution < -0.4 is 0 Å². The fraction of sp³-hybridized carbons (Fsp3) is 0.600. The Kier molecular flexibility index (Phi) is 9.30. The van der Waals surface area contributed by atoms with Crippen molar-refractivity contribution in [2.45, 2.75) is 78.9 Å². The molecule has 2 heteroatoms. The molecule has 2 aromatic carbocycles. The van der Waals surface area contributed by atoms with Crippen LogP contribution in [0.4, 0.5) is 0 Å². The molecule has 1 atom stereocenters. The highest BCUT2D eigenvalue weighted by Crippen LogP contribution is 2.27. The van der Waals surface area contributed by atoms with Crippen LogP contribution >= 0.6 is 0 Å². The largest absolute Gasteiger partial charge is 0.298 e. The second kappa shape index (κ2) is 11.5. The van der Waals surface area contributed by atoms with Gasteiger partial charge in [0.1, 0.15) is 0 Å². The molecule has 0 bridgehead atoms. The third-order valence-corrected chi connectivity index (χ3v) is 5.59. The Hall–Kier alpha value is -1.38. The normalized spacial score (nSPS) is 20.9. The lowest BCUT2D eigenvalue weighted by molar-refractivity contribution is 0.0261. The number of benzene rings is 2. The van der Waals surface area contributed by atoms with Gasteiger partial charge in [-0.05, 0) is 42.2 Å². The van der Waals surface area contributed by atoms with E-state index in [0.29, 0.717) is 6.04 Å². The van der Waals surface area contributed by atoms with Crippen LogP contribution in [0.2, 0.25) is 0 Å². The molecule has 2 fully saturated rings. The second-order valence-electron chi connectivity index (χ2n) is 7.79. The van der Waals surface area contributed by atoms with Crippen molar-refractivity contribution >= 4 is 10.8 Å². The zero-order valence-corrected chi connectivity index (χ0v) is 18.2. The summed E-state index contributed by atoms with van der Waals surface area (Å²) in [4.78, 5) is 5.38. The molecule has 0 N–H and O–H groups in total. The van der Waals surface area contributed by atoms with Crippen molar-refractivity contribution in [1.82, 2.24) is 9.80 Å². The van der Waals surface area contributed by atoms with Crippen molar-refractivity contribution < 1.29 is 0 Å². The topological polar surface area (TPSA) is 6.48 Å². The first-order valence-electron chi connectivity index (χ1n) is 11.2. The highest BCUT2D eigenvalue weighted by Gasteiger charge is 2.31. The Morgan fingerprint density at radius 3 is 2.19 bits per heavy atom. The van der Waals surface area contributed by atoms with E-state index in [1.807, 2.05) is 13.8 Å². The van der Waals surface area contributed by atoms with Gasteiger partial charge in [0.25, 0.3) is 0 Å². The SMILES string of the molecule is CC.CC1CN(C2CCC2)CCN1Cc1ccc2ccccc2c1.CCC. The van der Waals surface area contributed by atoms with E-state index in [4.69, 9.17) is 0 Å². The van der Waals surface area contributed by atoms with Gasteiger partial charge >= 0.3 is 0 Å². The molecule has 1 heterocycles. The Labute approximate surface area is 167 Å². The lowest BCUT2D eigenvalue weighted by Crippen LogP contribution is -2.55. The minimum atomic E-state index is 0.667. The molecule has 1 aliphatic carbocycles. The van der Waals surface area contributed by atoms with Gasteiger partial charge in [0.05, 0.1) is 0 Å². The van der Waals surface area contributed by atoms with Gasteiger partial charge in [-0.25, -0.2) is 0 Å². The van der Waals surface area contributed by atoms with E-state index in [0.717, 1.165) is 12.6 Å². The summed E-state index contributed by atoms with van der Waals surface area (Å²) in [7, 11) is 0. The molecule has 27 heavy (non-hydrogen) atoms. The maximum absolute atomic E-state index is 2.73. The third kappa shape index (κ3) is 6.05. The van der Waals surface area contributed by atoms with Gasteiger partial charge in [0.15, 0.2) is 0 Å². The molecule has 150 valence electrons. The summed E-state index contributed by atoms with van der Waals surface area (Å²) < 4.78 is 0. The molecule has 0 spiro atoms. The molecule has 1 saturated carbocycles. The average molecular weight is 369 g/mol. The summed E-state index contributed by atoms with van der Waals surface area (Å²) in [6.07, 6.45) is 5.55. The summed E-state index contributed by atoms with van der Waals surface area (Å²) in [5.41, 5.74) is 1.45. The fourth-order valence-corrected chi connectivity index (χ4v) is 3.91. The number of hydrogen-bond acceptors (Lipinski definition) is 2. The first-order valence-corrected chi connectivity index (χ1v) is 11.2. The summed E-state index contributed by atoms with van der Waals surface area (Å²) in [6, 6.07) is 17.1. The van der Waals surface area contributed by atoms with Crippen LogP contribution in [0.1, 0.15) is 65.9 Å². The highest BCUT2D eigenvalue weighted by molar-refractivity contribution is 5.82. The van der Waals surface area contributed by atoms with Crippen LogP contribution in [-0.4, -0.2) is 41.5 Å². The van der Waals surface area contributed by atoms with Gasteiger partial charge in [-0.15, -0.1) is 0 Å². The molecule has 1 aliphatic heterocycles. The molecular formula is C25H40N2. The standard InChI is InChI=1S/C20H26N2.C3H8.C2H6/c1-16-14-22(20-7-4-8-20)12-11-21(16)15-17-9-10-18-5-2-3-6-19(18)13-17;1-3-2;1-2/h2-3,5-6,9-10,13,16,20H,4,7-8,11-12,14-15H2,1H3;3H2,1-2H3;1-2H3. The van der Waals surface area contributed by atoms with Crippen LogP contribution in [0, 0.1) is 0 Å². The first-order chi connectivity index (χ1) is 13.2. The van der Waals surface area contributed by atoms with E-state index in [2.05, 4.69) is 73.0 Å². The molecule has 2 aromatic rings. The molecule has 0 radical (unpaired) electrons. The average Bonchev–Trinajstić information content (AvgIpc) is 2.65. The van der Waals surface area contributed by atoms with Crippen molar-refractivity contribution in [3.05, 3.63) is 48.0 Å². The quantitative estimate of drug-likeness (QED) is 0.623. The minimum Gasteiger partial charge on any atom is -0.298 e. The van der Waals surface area contributed by atoms with Crippen LogP contribution in [0.5, 0.6) is 0 Å². The Bertz CT molecular complexity index is 662. The number of nitrogens with zero attached hydrogens (tertiary/aromatic N) is 2. The van der Waals surface area contributed by atoms with Crippen molar-refractivity contribution in [3.63, 3.8) is 0 Å². The van der Waals surface area contributed by atoms with Crippen LogP contribution in [0.25, 0.3) is 10.8 Å². The summed E-state index contributed by atoms with van der Waals surface area (Å²) >= 11 is 0. The van der Waals surface area contributed by atoms with E-state index in [-0.39, 0.29) is 0 Å². The van der Waals surface area contributed by atoms with Crippen molar-refractivity contribution in [2.24, 2.45) is 0 Å². The zero-order valence-electron chi connectivity index (χ0n) is 18.2. The van der Waals surface area contributed by atoms with Crippen LogP contribution in [0.15, 0.2) is 42.5 Å². The Morgan fingerprint density at radius 2 is 1.59 bits per heavy atom. The van der Waals surface area contributed by atoms with Gasteiger partial charge in [-0.3, -0.25) is 9.80 Å². The number of hydrogen-bond donors (Lipinski definition) is 0. The number of fused-ring (bicyclic) bond motifs is 1. The molecule has 4 rings (SSSR count). The molecule has 0 amide bonds. The second-order valence-corrected chi connectivity index (χ2v) is 7.79. The molecule has 2 aliphatic rings. The summed E-state index contributed by atoms with van der Waals surface area (Å²) in [5.74, 6) is 0. The van der Waals surface area contributed by atoms with Crippen molar-refractivity contribution in [2.75, 3.05) is 19.6 Å². The molecule has 0 aromatic heterocycles. The van der Waals surface area contributed by atoms with Crippen molar-refractivity contribution in [1.29, 1.82) is 0 Å². The Balaban J connectivity index is 0.000000478. The minimum absolute atomic E-state index is 0.667. The maximum atomic E-state index is 2.73. The molecule has 2 nitrogen and oxygen atoms in total. The maximum Gasteiger partial charge on any atom is 0.0237 e. The molecule has 1 unspecified atom stereocenters. The van der Waals surface area contributed by atoms with E-state index >= 15 is 0 Å². The first kappa shape index (κ1) is 21.9. The Morgan fingerprint density at radius 1 is 0.926 bits per heavy atom. The third-order valence-electron chi connectivity index (χ3n) is 5.59. The van der Waals surface area contributed by atoms with Gasteiger partial charge in [0, 0.05) is 38.3 Å². The molecular weight excluding hydrogens is 328 g/mol. The predicted octanol–water partition coefficient (Wildman–Crippen LogP) is 6.34. The number of rotatable bonds is 3. The summed E-state index contributed by atoms with van der Waals surface area (Å²) in [5, 5.41) is 2.70. The van der Waals surface area contributed by atoms with Crippen molar-refractivity contribution in [3.8, 4) is 0 Å². The lowest BCUT2D eigenvalue weighted by Gasteiger charge is -2.46. The van der Waals surface area contributed by atoms with Gasteiger partial charge in [0.2, 0.25) is 0 Å². The van der Waals surface area contributed by atoms with Crippen LogP contribution in [-0.2, 0) is 6.54 Å². The summed E-state index contributed by atoms with van der Waals surface area (Å²) in [6.45, 7) is 15.4. The smallest absolute Gasteiger partial charge is 0.0237 e. The van der Waals surface area contributed by atoms with E-state index in [1.165, 1.54) is 61.7 Å².